The molecule has 0 aromatic heterocycles. The van der Waals surface area contributed by atoms with Crippen LogP contribution >= 0.6 is 7.82 Å². The summed E-state index contributed by atoms with van der Waals surface area (Å²) in [7, 11) is 1.48. The van der Waals surface area contributed by atoms with Crippen LogP contribution in [0.25, 0.3) is 0 Å². The van der Waals surface area contributed by atoms with Crippen LogP contribution in [0, 0.1) is 0 Å². The molecule has 0 aliphatic rings. The van der Waals surface area contributed by atoms with E-state index in [9.17, 15) is 19.0 Å². The van der Waals surface area contributed by atoms with Gasteiger partial charge in [-0.15, -0.1) is 0 Å². The van der Waals surface area contributed by atoms with Gasteiger partial charge in [0.05, 0.1) is 27.7 Å². The summed E-state index contributed by atoms with van der Waals surface area (Å²) in [5.74, 6) is -0.784. The molecular formula is C90H161NO8P+. The van der Waals surface area contributed by atoms with Crippen molar-refractivity contribution in [2.24, 2.45) is 0 Å². The molecule has 0 saturated heterocycles. The van der Waals surface area contributed by atoms with Gasteiger partial charge >= 0.3 is 19.8 Å². The van der Waals surface area contributed by atoms with Crippen LogP contribution in [0.4, 0.5) is 0 Å². The van der Waals surface area contributed by atoms with E-state index >= 15 is 0 Å². The fourth-order valence-electron chi connectivity index (χ4n) is 12.1. The highest BCUT2D eigenvalue weighted by Gasteiger charge is 2.27. The number of ether oxygens (including phenoxy) is 2. The van der Waals surface area contributed by atoms with Gasteiger partial charge in [-0.25, -0.2) is 4.57 Å². The lowest BCUT2D eigenvalue weighted by Crippen LogP contribution is -2.37. The van der Waals surface area contributed by atoms with E-state index in [1.54, 1.807) is 0 Å². The summed E-state index contributed by atoms with van der Waals surface area (Å²) in [6, 6.07) is 0. The summed E-state index contributed by atoms with van der Waals surface area (Å²) in [5.41, 5.74) is 0. The number of rotatable bonds is 78. The maximum Gasteiger partial charge on any atom is 0.472 e. The van der Waals surface area contributed by atoms with Crippen LogP contribution in [-0.2, 0) is 32.7 Å². The summed E-state index contributed by atoms with van der Waals surface area (Å²) in [5, 5.41) is 0. The third kappa shape index (κ3) is 83.4. The fourth-order valence-corrected chi connectivity index (χ4v) is 12.8. The number of unbranched alkanes of at least 4 members (excludes halogenated alkanes) is 44. The SMILES string of the molecule is CC/C=C\C/C=C\C/C=C\C/C=C\C/C=C\C/C=C\C/C=C\C/C=C\CCCCCCCCCCCCCCCCC(=O)OC(COC(=O)CCCCCCCCCCCCCCCCCCCCCCCCCCC/C=C\C/C=C\CCCCCCC)COP(=O)(O)OCC[N+](C)(C)C. The molecule has 10 heteroatoms. The van der Waals surface area contributed by atoms with E-state index in [2.05, 4.69) is 135 Å². The van der Waals surface area contributed by atoms with Gasteiger partial charge in [-0.2, -0.15) is 0 Å². The van der Waals surface area contributed by atoms with Crippen molar-refractivity contribution in [2.75, 3.05) is 47.5 Å². The number of hydrogen-bond acceptors (Lipinski definition) is 7. The Kier molecular flexibility index (Phi) is 76.7. The van der Waals surface area contributed by atoms with Gasteiger partial charge in [0.25, 0.3) is 0 Å². The molecular weight excluding hydrogens is 1250 g/mol. The molecule has 0 bridgehead atoms. The van der Waals surface area contributed by atoms with Gasteiger partial charge in [0.15, 0.2) is 6.10 Å². The Hall–Kier alpha value is -3.59. The first-order valence-corrected chi connectivity index (χ1v) is 43.8. The van der Waals surface area contributed by atoms with Gasteiger partial charge in [0.1, 0.15) is 19.8 Å². The summed E-state index contributed by atoms with van der Waals surface area (Å²) >= 11 is 0. The number of allylic oxidation sites excluding steroid dienone is 20. The van der Waals surface area contributed by atoms with Crippen LogP contribution < -0.4 is 0 Å². The van der Waals surface area contributed by atoms with Crippen molar-refractivity contribution in [2.45, 2.75) is 392 Å². The first-order chi connectivity index (χ1) is 49.0. The number of carbonyl (C=O) groups excluding carboxylic acids is 2. The highest BCUT2D eigenvalue weighted by molar-refractivity contribution is 7.47. The summed E-state index contributed by atoms with van der Waals surface area (Å²) in [6.07, 6.45) is 115. The maximum absolute atomic E-state index is 12.9. The van der Waals surface area contributed by atoms with Gasteiger partial charge in [0, 0.05) is 12.8 Å². The fraction of sp³-hybridized carbons (Fsp3) is 0.756. The zero-order valence-corrected chi connectivity index (χ0v) is 67.1. The van der Waals surface area contributed by atoms with Gasteiger partial charge in [0.2, 0.25) is 0 Å². The molecule has 0 rings (SSSR count). The minimum absolute atomic E-state index is 0.0297. The molecule has 578 valence electrons. The van der Waals surface area contributed by atoms with E-state index < -0.39 is 26.5 Å². The van der Waals surface area contributed by atoms with E-state index in [1.165, 1.54) is 257 Å². The highest BCUT2D eigenvalue weighted by atomic mass is 31.2. The molecule has 0 amide bonds. The number of hydrogen-bond donors (Lipinski definition) is 1. The second-order valence-corrected chi connectivity index (χ2v) is 30.9. The third-order valence-corrected chi connectivity index (χ3v) is 19.5. The van der Waals surface area contributed by atoms with Crippen molar-refractivity contribution in [3.63, 3.8) is 0 Å². The lowest BCUT2D eigenvalue weighted by molar-refractivity contribution is -0.870. The lowest BCUT2D eigenvalue weighted by Gasteiger charge is -2.24. The lowest BCUT2D eigenvalue weighted by atomic mass is 10.0. The number of phosphoric ester groups is 1. The summed E-state index contributed by atoms with van der Waals surface area (Å²) < 4.78 is 34.9. The highest BCUT2D eigenvalue weighted by Crippen LogP contribution is 2.43. The molecule has 2 unspecified atom stereocenters. The predicted octanol–water partition coefficient (Wildman–Crippen LogP) is 28.5. The normalized spacial score (nSPS) is 13.6. The zero-order chi connectivity index (χ0) is 72.5. The summed E-state index contributed by atoms with van der Waals surface area (Å²) in [4.78, 5) is 36.0. The van der Waals surface area contributed by atoms with Gasteiger partial charge in [-0.1, -0.05) is 386 Å². The van der Waals surface area contributed by atoms with Gasteiger partial charge in [-0.05, 0) is 109 Å². The molecule has 0 aromatic rings. The number of likely N-dealkylation sites (N-methyl/N-ethyl adjacent to an activating group) is 1. The molecule has 1 N–H and O–H groups in total. The Labute approximate surface area is 619 Å². The third-order valence-electron chi connectivity index (χ3n) is 18.5. The van der Waals surface area contributed by atoms with Crippen LogP contribution in [0.1, 0.15) is 386 Å². The van der Waals surface area contributed by atoms with E-state index in [0.717, 1.165) is 96.3 Å². The van der Waals surface area contributed by atoms with E-state index in [-0.39, 0.29) is 32.0 Å². The van der Waals surface area contributed by atoms with E-state index in [0.29, 0.717) is 17.4 Å². The van der Waals surface area contributed by atoms with Gasteiger partial charge < -0.3 is 18.9 Å². The van der Waals surface area contributed by atoms with Crippen LogP contribution in [0.15, 0.2) is 122 Å². The second kappa shape index (κ2) is 79.5. The van der Waals surface area contributed by atoms with E-state index in [1.807, 2.05) is 21.1 Å². The zero-order valence-electron chi connectivity index (χ0n) is 66.2. The Morgan fingerprint density at radius 1 is 0.320 bits per heavy atom. The Morgan fingerprint density at radius 2 is 0.570 bits per heavy atom. The molecule has 2 atom stereocenters. The first-order valence-electron chi connectivity index (χ1n) is 42.3. The molecule has 0 saturated carbocycles. The molecule has 9 nitrogen and oxygen atoms in total. The molecule has 0 aliphatic carbocycles. The standard InChI is InChI=1S/C90H160NO8P/c1-6-8-10-12-14-16-18-20-22-24-26-28-30-32-34-36-38-40-42-44-45-47-49-51-53-55-57-59-61-63-65-67-69-71-73-75-77-79-81-83-90(93)99-88(87-98-100(94,95)97-85-84-91(3,4)5)86-96-89(92)82-80-78-76-74-72-70-68-66-64-62-60-58-56-54-52-50-48-46-43-41-39-37-35-33-31-29-27-25-23-21-19-17-15-13-11-9-7-2/h8,10,14,16,19-22,25-28,32,34,38,40,44-45,49,51,88H,6-7,9,11-13,15,17-18,23-24,29-31,33,35-37,39,41-43,46-48,50,52-87H2,1-5H3/p+1/b10-8-,16-14-,21-19-,22-20-,27-25-,28-26-,34-32-,40-38-,45-44-,51-49-. The topological polar surface area (TPSA) is 108 Å². The van der Waals surface area contributed by atoms with Crippen molar-refractivity contribution in [3.05, 3.63) is 122 Å². The van der Waals surface area contributed by atoms with Crippen molar-refractivity contribution in [3.8, 4) is 0 Å². The Morgan fingerprint density at radius 3 is 0.850 bits per heavy atom. The average molecular weight is 1420 g/mol. The largest absolute Gasteiger partial charge is 0.472 e. The van der Waals surface area contributed by atoms with Crippen molar-refractivity contribution >= 4 is 19.8 Å². The van der Waals surface area contributed by atoms with Crippen LogP contribution in [0.3, 0.4) is 0 Å². The molecule has 0 fully saturated rings. The molecule has 0 heterocycles. The average Bonchev–Trinajstić information content (AvgIpc) is 1.07. The maximum atomic E-state index is 12.9. The van der Waals surface area contributed by atoms with E-state index in [4.69, 9.17) is 18.5 Å². The smallest absolute Gasteiger partial charge is 0.462 e. The number of carbonyl (C=O) groups is 2. The molecule has 0 aliphatic heterocycles. The Balaban J connectivity index is 3.94. The number of nitrogens with zero attached hydrogens (tertiary/aromatic N) is 1. The molecule has 0 radical (unpaired) electrons. The van der Waals surface area contributed by atoms with Crippen LogP contribution in [0.5, 0.6) is 0 Å². The monoisotopic (exact) mass is 1420 g/mol. The van der Waals surface area contributed by atoms with Crippen LogP contribution in [-0.4, -0.2) is 74.9 Å². The van der Waals surface area contributed by atoms with Crippen molar-refractivity contribution in [1.29, 1.82) is 0 Å². The van der Waals surface area contributed by atoms with Crippen molar-refractivity contribution < 1.29 is 42.1 Å². The Bertz CT molecular complexity index is 2110. The quantitative estimate of drug-likeness (QED) is 0.0211. The second-order valence-electron chi connectivity index (χ2n) is 29.5. The summed E-state index contributed by atoms with van der Waals surface area (Å²) in [6.45, 7) is 4.35. The molecule has 0 spiro atoms. The van der Waals surface area contributed by atoms with Gasteiger partial charge in [-0.3, -0.25) is 18.6 Å². The minimum Gasteiger partial charge on any atom is -0.462 e. The minimum atomic E-state index is -4.40. The number of esters is 2. The van der Waals surface area contributed by atoms with Crippen molar-refractivity contribution in [1.82, 2.24) is 0 Å². The van der Waals surface area contributed by atoms with Crippen LogP contribution in [0.2, 0.25) is 0 Å². The number of phosphoric acid groups is 1. The predicted molar refractivity (Wildman–Crippen MR) is 436 cm³/mol. The molecule has 0 aromatic carbocycles. The first kappa shape index (κ1) is 96.4. The number of quaternary nitrogens is 1. The molecule has 100 heavy (non-hydrogen) atoms.